The van der Waals surface area contributed by atoms with Crippen molar-refractivity contribution in [3.05, 3.63) is 21.9 Å². The molecular formula is C10H17NO3. The Bertz CT molecular complexity index is 230. The maximum atomic E-state index is 10.7. The molecule has 1 fully saturated rings. The van der Waals surface area contributed by atoms with Gasteiger partial charge in [-0.25, -0.2) is 0 Å². The Kier molecular flexibility index (Phi) is 4.07. The molecule has 0 aromatic carbocycles. The Labute approximate surface area is 84.1 Å². The number of hydrogen-bond donors (Lipinski definition) is 0. The molecule has 1 aliphatic rings. The minimum atomic E-state index is -0.264. The minimum Gasteiger partial charge on any atom is -0.381 e. The van der Waals surface area contributed by atoms with E-state index < -0.39 is 0 Å². The third-order valence-corrected chi connectivity index (χ3v) is 2.47. The molecule has 0 spiro atoms. The summed E-state index contributed by atoms with van der Waals surface area (Å²) in [5.41, 5.74) is 0.344. The van der Waals surface area contributed by atoms with E-state index in [0.29, 0.717) is 11.6 Å². The quantitative estimate of drug-likeness (QED) is 0.517. The Morgan fingerprint density at radius 1 is 1.50 bits per heavy atom. The molecule has 0 saturated carbocycles. The zero-order chi connectivity index (χ0) is 10.6. The first-order chi connectivity index (χ1) is 6.61. The maximum Gasteiger partial charge on any atom is 0.245 e. The third kappa shape index (κ3) is 3.10. The van der Waals surface area contributed by atoms with Gasteiger partial charge in [0.2, 0.25) is 5.70 Å². The molecule has 1 saturated heterocycles. The zero-order valence-electron chi connectivity index (χ0n) is 8.73. The van der Waals surface area contributed by atoms with E-state index in [4.69, 9.17) is 4.74 Å². The largest absolute Gasteiger partial charge is 0.381 e. The van der Waals surface area contributed by atoms with E-state index in [1.807, 2.05) is 19.9 Å². The lowest BCUT2D eigenvalue weighted by atomic mass is 9.96. The Morgan fingerprint density at radius 2 is 2.07 bits per heavy atom. The van der Waals surface area contributed by atoms with Crippen LogP contribution in [0.25, 0.3) is 0 Å². The molecular weight excluding hydrogens is 182 g/mol. The molecule has 1 rings (SSSR count). The molecule has 0 atom stereocenters. The molecule has 1 aliphatic heterocycles. The third-order valence-electron chi connectivity index (χ3n) is 2.47. The zero-order valence-corrected chi connectivity index (χ0v) is 8.73. The van der Waals surface area contributed by atoms with Crippen molar-refractivity contribution in [2.45, 2.75) is 26.7 Å². The average molecular weight is 199 g/mol. The topological polar surface area (TPSA) is 52.4 Å². The van der Waals surface area contributed by atoms with E-state index in [2.05, 4.69) is 0 Å². The lowest BCUT2D eigenvalue weighted by molar-refractivity contribution is -0.433. The number of nitro groups is 1. The SMILES string of the molecule is CC(C)C(=CC1CCOCC1)[N+](=O)[O-]. The second kappa shape index (κ2) is 5.10. The van der Waals surface area contributed by atoms with Crippen molar-refractivity contribution in [1.82, 2.24) is 0 Å². The van der Waals surface area contributed by atoms with Gasteiger partial charge in [-0.15, -0.1) is 0 Å². The van der Waals surface area contributed by atoms with Gasteiger partial charge in [-0.1, -0.05) is 13.8 Å². The highest BCUT2D eigenvalue weighted by Gasteiger charge is 2.20. The summed E-state index contributed by atoms with van der Waals surface area (Å²) in [7, 11) is 0. The molecule has 0 bridgehead atoms. The highest BCUT2D eigenvalue weighted by Crippen LogP contribution is 2.21. The fraction of sp³-hybridized carbons (Fsp3) is 0.800. The lowest BCUT2D eigenvalue weighted by Gasteiger charge is -2.18. The normalized spacial score (nSPS) is 20.1. The number of allylic oxidation sites excluding steroid dienone is 2. The Hall–Kier alpha value is -0.900. The number of nitrogens with zero attached hydrogens (tertiary/aromatic N) is 1. The van der Waals surface area contributed by atoms with Crippen LogP contribution in [-0.2, 0) is 4.74 Å². The molecule has 0 aromatic heterocycles. The lowest BCUT2D eigenvalue weighted by Crippen LogP contribution is -2.16. The van der Waals surface area contributed by atoms with Gasteiger partial charge in [0, 0.05) is 19.1 Å². The summed E-state index contributed by atoms with van der Waals surface area (Å²) in [4.78, 5) is 10.5. The van der Waals surface area contributed by atoms with Crippen LogP contribution in [0.1, 0.15) is 26.7 Å². The minimum absolute atomic E-state index is 0.00663. The Balaban J connectivity index is 2.65. The van der Waals surface area contributed by atoms with Crippen molar-refractivity contribution in [3.63, 3.8) is 0 Å². The number of hydrogen-bond acceptors (Lipinski definition) is 3. The molecule has 0 unspecified atom stereocenters. The fourth-order valence-electron chi connectivity index (χ4n) is 1.59. The van der Waals surface area contributed by atoms with Gasteiger partial charge in [0.25, 0.3) is 0 Å². The first kappa shape index (κ1) is 11.2. The Morgan fingerprint density at radius 3 is 2.50 bits per heavy atom. The molecule has 1 heterocycles. The molecule has 0 radical (unpaired) electrons. The molecule has 0 aromatic rings. The average Bonchev–Trinajstić information content (AvgIpc) is 2.15. The predicted octanol–water partition coefficient (Wildman–Crippen LogP) is 2.23. The van der Waals surface area contributed by atoms with Gasteiger partial charge in [0.1, 0.15) is 0 Å². The van der Waals surface area contributed by atoms with Crippen LogP contribution in [0.15, 0.2) is 11.8 Å². The highest BCUT2D eigenvalue weighted by molar-refractivity contribution is 4.99. The molecule has 4 heteroatoms. The summed E-state index contributed by atoms with van der Waals surface area (Å²) >= 11 is 0. The summed E-state index contributed by atoms with van der Waals surface area (Å²) < 4.78 is 5.20. The van der Waals surface area contributed by atoms with Crippen LogP contribution < -0.4 is 0 Å². The van der Waals surface area contributed by atoms with E-state index in [1.54, 1.807) is 0 Å². The molecule has 0 N–H and O–H groups in total. The number of rotatable bonds is 3. The van der Waals surface area contributed by atoms with Crippen molar-refractivity contribution in [2.24, 2.45) is 11.8 Å². The molecule has 0 aliphatic carbocycles. The molecule has 14 heavy (non-hydrogen) atoms. The second-order valence-electron chi connectivity index (χ2n) is 3.95. The second-order valence-corrected chi connectivity index (χ2v) is 3.95. The first-order valence-electron chi connectivity index (χ1n) is 5.05. The smallest absolute Gasteiger partial charge is 0.245 e. The van der Waals surface area contributed by atoms with Crippen LogP contribution >= 0.6 is 0 Å². The highest BCUT2D eigenvalue weighted by atomic mass is 16.6. The predicted molar refractivity (Wildman–Crippen MR) is 53.5 cm³/mol. The van der Waals surface area contributed by atoms with Gasteiger partial charge in [0.15, 0.2) is 0 Å². The number of ether oxygens (including phenoxy) is 1. The first-order valence-corrected chi connectivity index (χ1v) is 5.05. The van der Waals surface area contributed by atoms with Crippen molar-refractivity contribution in [2.75, 3.05) is 13.2 Å². The van der Waals surface area contributed by atoms with E-state index in [0.717, 1.165) is 26.1 Å². The van der Waals surface area contributed by atoms with Crippen LogP contribution in [0.3, 0.4) is 0 Å². The summed E-state index contributed by atoms with van der Waals surface area (Å²) in [5.74, 6) is 0.319. The van der Waals surface area contributed by atoms with Crippen LogP contribution in [0.5, 0.6) is 0 Å². The summed E-state index contributed by atoms with van der Waals surface area (Å²) in [6.45, 7) is 5.16. The maximum absolute atomic E-state index is 10.7. The van der Waals surface area contributed by atoms with Gasteiger partial charge in [-0.2, -0.15) is 0 Å². The van der Waals surface area contributed by atoms with Crippen molar-refractivity contribution >= 4 is 0 Å². The molecule has 4 nitrogen and oxygen atoms in total. The summed E-state index contributed by atoms with van der Waals surface area (Å²) in [5, 5.41) is 10.7. The van der Waals surface area contributed by atoms with Crippen LogP contribution in [-0.4, -0.2) is 18.1 Å². The summed E-state index contributed by atoms with van der Waals surface area (Å²) in [6, 6.07) is 0. The molecule has 0 amide bonds. The van der Waals surface area contributed by atoms with Gasteiger partial charge in [-0.05, 0) is 24.8 Å². The van der Waals surface area contributed by atoms with Gasteiger partial charge in [-0.3, -0.25) is 10.1 Å². The van der Waals surface area contributed by atoms with Gasteiger partial charge in [0.05, 0.1) is 4.92 Å². The van der Waals surface area contributed by atoms with E-state index in [9.17, 15) is 10.1 Å². The summed E-state index contributed by atoms with van der Waals surface area (Å²) in [6.07, 6.45) is 3.63. The van der Waals surface area contributed by atoms with E-state index in [1.165, 1.54) is 0 Å². The van der Waals surface area contributed by atoms with E-state index in [-0.39, 0.29) is 10.8 Å². The van der Waals surface area contributed by atoms with Gasteiger partial charge >= 0.3 is 0 Å². The van der Waals surface area contributed by atoms with Crippen molar-refractivity contribution in [3.8, 4) is 0 Å². The van der Waals surface area contributed by atoms with Crippen LogP contribution in [0, 0.1) is 22.0 Å². The monoisotopic (exact) mass is 199 g/mol. The van der Waals surface area contributed by atoms with Crippen molar-refractivity contribution < 1.29 is 9.66 Å². The van der Waals surface area contributed by atoms with Crippen molar-refractivity contribution in [1.29, 1.82) is 0 Å². The van der Waals surface area contributed by atoms with E-state index >= 15 is 0 Å². The van der Waals surface area contributed by atoms with Crippen LogP contribution in [0.4, 0.5) is 0 Å². The fourth-order valence-corrected chi connectivity index (χ4v) is 1.59. The molecule has 80 valence electrons. The van der Waals surface area contributed by atoms with Crippen LogP contribution in [0.2, 0.25) is 0 Å². The standard InChI is InChI=1S/C10H17NO3/c1-8(2)10(11(12)13)7-9-3-5-14-6-4-9/h7-9H,3-6H2,1-2H3. The van der Waals surface area contributed by atoms with Gasteiger partial charge < -0.3 is 4.74 Å².